The first-order valence-electron chi connectivity index (χ1n) is 9.52. The topological polar surface area (TPSA) is 65.5 Å². The molecular formula is C19H24N4O2S2. The molecule has 6 nitrogen and oxygen atoms in total. The number of rotatable bonds is 4. The number of aromatic nitrogens is 1. The first-order chi connectivity index (χ1) is 13.2. The number of anilines is 1. The molecule has 2 aromatic rings. The predicted molar refractivity (Wildman–Crippen MR) is 108 cm³/mol. The van der Waals surface area contributed by atoms with Crippen molar-refractivity contribution in [2.75, 3.05) is 31.5 Å². The van der Waals surface area contributed by atoms with Gasteiger partial charge in [0.2, 0.25) is 5.91 Å². The van der Waals surface area contributed by atoms with Crippen molar-refractivity contribution >= 4 is 39.6 Å². The molecule has 2 aromatic heterocycles. The van der Waals surface area contributed by atoms with E-state index in [1.54, 1.807) is 0 Å². The third kappa shape index (κ3) is 4.56. The summed E-state index contributed by atoms with van der Waals surface area (Å²) in [6, 6.07) is 3.68. The van der Waals surface area contributed by atoms with E-state index in [9.17, 15) is 9.59 Å². The number of thiazole rings is 1. The molecule has 0 bridgehead atoms. The van der Waals surface area contributed by atoms with Gasteiger partial charge in [-0.1, -0.05) is 18.9 Å². The number of nitrogens with one attached hydrogen (secondary N) is 1. The van der Waals surface area contributed by atoms with E-state index in [1.165, 1.54) is 35.5 Å². The molecule has 0 unspecified atom stereocenters. The molecule has 27 heavy (non-hydrogen) atoms. The molecular weight excluding hydrogens is 380 g/mol. The Morgan fingerprint density at radius 2 is 1.96 bits per heavy atom. The SMILES string of the molecule is O=C(Nc1nc2c(s1)CN(CC(=O)N1CCCCCC1)CC2)c1cccs1. The lowest BCUT2D eigenvalue weighted by molar-refractivity contribution is -0.132. The standard InChI is InChI=1S/C19H24N4O2S2/c24-17(23-8-3-1-2-4-9-23)13-22-10-7-14-16(12-22)27-19(20-14)21-18(25)15-6-5-11-26-15/h5-6,11H,1-4,7-10,12-13H2,(H,20,21,25). The average Bonchev–Trinajstić information content (AvgIpc) is 3.24. The van der Waals surface area contributed by atoms with Crippen molar-refractivity contribution < 1.29 is 9.59 Å². The zero-order valence-corrected chi connectivity index (χ0v) is 16.9. The molecule has 8 heteroatoms. The second-order valence-corrected chi connectivity index (χ2v) is 9.11. The van der Waals surface area contributed by atoms with Gasteiger partial charge in [-0.3, -0.25) is 19.8 Å². The number of amides is 2. The maximum atomic E-state index is 12.6. The van der Waals surface area contributed by atoms with Gasteiger partial charge in [-0.25, -0.2) is 4.98 Å². The number of fused-ring (bicyclic) bond motifs is 1. The Morgan fingerprint density at radius 1 is 1.15 bits per heavy atom. The second kappa shape index (κ2) is 8.50. The molecule has 0 aliphatic carbocycles. The summed E-state index contributed by atoms with van der Waals surface area (Å²) in [6.07, 6.45) is 5.54. The first kappa shape index (κ1) is 18.6. The fraction of sp³-hybridized carbons (Fsp3) is 0.526. The average molecular weight is 405 g/mol. The molecule has 1 fully saturated rings. The normalized spacial score (nSPS) is 18.0. The largest absolute Gasteiger partial charge is 0.342 e. The van der Waals surface area contributed by atoms with Gasteiger partial charge in [-0.2, -0.15) is 0 Å². The van der Waals surface area contributed by atoms with Gasteiger partial charge in [0.05, 0.1) is 17.1 Å². The molecule has 0 saturated carbocycles. The maximum absolute atomic E-state index is 12.6. The Morgan fingerprint density at radius 3 is 2.70 bits per heavy atom. The zero-order valence-electron chi connectivity index (χ0n) is 15.3. The fourth-order valence-electron chi connectivity index (χ4n) is 3.61. The molecule has 4 heterocycles. The molecule has 1 N–H and O–H groups in total. The summed E-state index contributed by atoms with van der Waals surface area (Å²) in [5.74, 6) is 0.139. The van der Waals surface area contributed by atoms with Gasteiger partial charge in [0.15, 0.2) is 5.13 Å². The molecule has 4 rings (SSSR count). The Bertz CT molecular complexity index is 795. The van der Waals surface area contributed by atoms with Gasteiger partial charge in [0.1, 0.15) is 0 Å². The minimum atomic E-state index is -0.107. The Balaban J connectivity index is 1.35. The summed E-state index contributed by atoms with van der Waals surface area (Å²) in [4.78, 5) is 35.5. The van der Waals surface area contributed by atoms with Gasteiger partial charge >= 0.3 is 0 Å². The monoisotopic (exact) mass is 404 g/mol. The van der Waals surface area contributed by atoms with Crippen LogP contribution in [0, 0.1) is 0 Å². The molecule has 2 amide bonds. The number of carbonyl (C=O) groups excluding carboxylic acids is 2. The third-order valence-corrected chi connectivity index (χ3v) is 6.96. The fourth-order valence-corrected chi connectivity index (χ4v) is 5.28. The Kier molecular flexibility index (Phi) is 5.85. The molecule has 1 saturated heterocycles. The molecule has 0 atom stereocenters. The van der Waals surface area contributed by atoms with Crippen molar-refractivity contribution in [1.82, 2.24) is 14.8 Å². The van der Waals surface area contributed by atoms with Gasteiger partial charge in [0.25, 0.3) is 5.91 Å². The van der Waals surface area contributed by atoms with Crippen molar-refractivity contribution in [3.05, 3.63) is 33.0 Å². The van der Waals surface area contributed by atoms with Crippen LogP contribution in [-0.2, 0) is 17.8 Å². The van der Waals surface area contributed by atoms with Crippen molar-refractivity contribution in [2.24, 2.45) is 0 Å². The lowest BCUT2D eigenvalue weighted by Gasteiger charge is -2.28. The van der Waals surface area contributed by atoms with Crippen molar-refractivity contribution in [3.8, 4) is 0 Å². The highest BCUT2D eigenvalue weighted by molar-refractivity contribution is 7.16. The molecule has 0 spiro atoms. The predicted octanol–water partition coefficient (Wildman–Crippen LogP) is 3.22. The molecule has 144 valence electrons. The lowest BCUT2D eigenvalue weighted by Crippen LogP contribution is -2.42. The molecule has 0 aromatic carbocycles. The van der Waals surface area contributed by atoms with Gasteiger partial charge in [-0.15, -0.1) is 22.7 Å². The van der Waals surface area contributed by atoms with Gasteiger partial charge < -0.3 is 4.90 Å². The highest BCUT2D eigenvalue weighted by Crippen LogP contribution is 2.29. The van der Waals surface area contributed by atoms with Crippen LogP contribution in [0.3, 0.4) is 0 Å². The number of carbonyl (C=O) groups is 2. The number of likely N-dealkylation sites (tertiary alicyclic amines) is 1. The lowest BCUT2D eigenvalue weighted by atomic mass is 10.2. The smallest absolute Gasteiger partial charge is 0.267 e. The zero-order chi connectivity index (χ0) is 18.6. The second-order valence-electron chi connectivity index (χ2n) is 7.08. The van der Waals surface area contributed by atoms with Crippen LogP contribution >= 0.6 is 22.7 Å². The molecule has 0 radical (unpaired) electrons. The van der Waals surface area contributed by atoms with Crippen LogP contribution < -0.4 is 5.32 Å². The van der Waals surface area contributed by atoms with E-state index in [4.69, 9.17) is 0 Å². The summed E-state index contributed by atoms with van der Waals surface area (Å²) < 4.78 is 0. The molecule has 2 aliphatic rings. The van der Waals surface area contributed by atoms with E-state index in [2.05, 4.69) is 15.2 Å². The van der Waals surface area contributed by atoms with E-state index < -0.39 is 0 Å². The summed E-state index contributed by atoms with van der Waals surface area (Å²) >= 11 is 2.95. The third-order valence-electron chi connectivity index (χ3n) is 5.09. The van der Waals surface area contributed by atoms with Crippen LogP contribution in [0.15, 0.2) is 17.5 Å². The van der Waals surface area contributed by atoms with Crippen molar-refractivity contribution in [2.45, 2.75) is 38.6 Å². The van der Waals surface area contributed by atoms with Crippen LogP contribution in [0.5, 0.6) is 0 Å². The summed E-state index contributed by atoms with van der Waals surface area (Å²) in [5.41, 5.74) is 1.06. The highest BCUT2D eigenvalue weighted by Gasteiger charge is 2.25. The van der Waals surface area contributed by atoms with Crippen LogP contribution in [0.2, 0.25) is 0 Å². The first-order valence-corrected chi connectivity index (χ1v) is 11.2. The summed E-state index contributed by atoms with van der Waals surface area (Å²) in [5, 5.41) is 5.44. The van der Waals surface area contributed by atoms with E-state index >= 15 is 0 Å². The van der Waals surface area contributed by atoms with Crippen LogP contribution in [0.25, 0.3) is 0 Å². The Labute approximate surface area is 167 Å². The number of hydrogen-bond acceptors (Lipinski definition) is 6. The van der Waals surface area contributed by atoms with Gasteiger partial charge in [0, 0.05) is 37.5 Å². The summed E-state index contributed by atoms with van der Waals surface area (Å²) in [7, 11) is 0. The molecule has 2 aliphatic heterocycles. The van der Waals surface area contributed by atoms with Gasteiger partial charge in [-0.05, 0) is 24.3 Å². The quantitative estimate of drug-likeness (QED) is 0.850. The van der Waals surface area contributed by atoms with Crippen LogP contribution in [0.1, 0.15) is 45.9 Å². The van der Waals surface area contributed by atoms with E-state index in [0.717, 1.165) is 56.0 Å². The van der Waals surface area contributed by atoms with Crippen molar-refractivity contribution in [3.63, 3.8) is 0 Å². The number of thiophene rings is 1. The minimum absolute atomic E-state index is 0.107. The highest BCUT2D eigenvalue weighted by atomic mass is 32.1. The number of hydrogen-bond donors (Lipinski definition) is 1. The van der Waals surface area contributed by atoms with Crippen LogP contribution in [-0.4, -0.2) is 52.8 Å². The Hall–Kier alpha value is -1.77. The van der Waals surface area contributed by atoms with E-state index in [-0.39, 0.29) is 11.8 Å². The maximum Gasteiger partial charge on any atom is 0.267 e. The van der Waals surface area contributed by atoms with Crippen LogP contribution in [0.4, 0.5) is 5.13 Å². The minimum Gasteiger partial charge on any atom is -0.342 e. The summed E-state index contributed by atoms with van der Waals surface area (Å²) in [6.45, 7) is 3.86. The van der Waals surface area contributed by atoms with Crippen molar-refractivity contribution in [1.29, 1.82) is 0 Å². The van der Waals surface area contributed by atoms with E-state index in [0.29, 0.717) is 16.6 Å². The number of nitrogens with zero attached hydrogens (tertiary/aromatic N) is 3. The van der Waals surface area contributed by atoms with E-state index in [1.807, 2.05) is 22.4 Å².